The molecule has 0 spiro atoms. The van der Waals surface area contributed by atoms with E-state index in [0.29, 0.717) is 17.0 Å². The predicted octanol–water partition coefficient (Wildman–Crippen LogP) is 3.42. The highest BCUT2D eigenvalue weighted by Gasteiger charge is 2.54. The van der Waals surface area contributed by atoms with Crippen LogP contribution in [-0.4, -0.2) is 10.9 Å². The fraction of sp³-hybridized carbons (Fsp3) is 0.571. The summed E-state index contributed by atoms with van der Waals surface area (Å²) in [6.07, 6.45) is 6.64. The number of carbonyl (C=O) groups is 1. The number of aromatic nitrogens is 1. The van der Waals surface area contributed by atoms with Gasteiger partial charge in [-0.1, -0.05) is 24.4 Å². The summed E-state index contributed by atoms with van der Waals surface area (Å²) in [6.45, 7) is 1.89. The number of rotatable bonds is 2. The lowest BCUT2D eigenvalue weighted by atomic mass is 10.0. The summed E-state index contributed by atoms with van der Waals surface area (Å²) in [5.41, 5.74) is 1.65. The van der Waals surface area contributed by atoms with Crippen molar-refractivity contribution in [1.82, 2.24) is 4.98 Å². The van der Waals surface area contributed by atoms with Crippen molar-refractivity contribution in [3.8, 4) is 0 Å². The Kier molecular flexibility index (Phi) is 3.02. The molecule has 0 bridgehead atoms. The van der Waals surface area contributed by atoms with Crippen LogP contribution in [-0.2, 0) is 4.79 Å². The van der Waals surface area contributed by atoms with Gasteiger partial charge >= 0.3 is 0 Å². The topological polar surface area (TPSA) is 42.0 Å². The van der Waals surface area contributed by atoms with Crippen LogP contribution in [0.1, 0.15) is 31.2 Å². The number of anilines is 1. The predicted molar refractivity (Wildman–Crippen MR) is 71.6 cm³/mol. The fourth-order valence-corrected chi connectivity index (χ4v) is 3.34. The highest BCUT2D eigenvalue weighted by atomic mass is 35.5. The van der Waals surface area contributed by atoms with E-state index in [2.05, 4.69) is 10.3 Å². The normalized spacial score (nSPS) is 29.6. The maximum absolute atomic E-state index is 12.2. The first-order chi connectivity index (χ1) is 8.66. The first-order valence-electron chi connectivity index (χ1n) is 6.60. The van der Waals surface area contributed by atoms with Gasteiger partial charge in [-0.15, -0.1) is 0 Å². The maximum atomic E-state index is 12.2. The summed E-state index contributed by atoms with van der Waals surface area (Å²) in [4.78, 5) is 16.2. The van der Waals surface area contributed by atoms with E-state index in [4.69, 9.17) is 11.6 Å². The Morgan fingerprint density at radius 2 is 2.06 bits per heavy atom. The van der Waals surface area contributed by atoms with Gasteiger partial charge in [-0.05, 0) is 43.2 Å². The molecule has 1 aromatic rings. The minimum absolute atomic E-state index is 0.162. The maximum Gasteiger partial charge on any atom is 0.228 e. The van der Waals surface area contributed by atoms with E-state index < -0.39 is 0 Å². The summed E-state index contributed by atoms with van der Waals surface area (Å²) in [6, 6.07) is 1.87. The zero-order chi connectivity index (χ0) is 12.7. The Hall–Kier alpha value is -1.09. The first kappa shape index (κ1) is 12.0. The molecule has 2 aliphatic carbocycles. The number of pyridine rings is 1. The minimum atomic E-state index is 0.162. The van der Waals surface area contributed by atoms with Gasteiger partial charge < -0.3 is 5.32 Å². The van der Waals surface area contributed by atoms with E-state index in [1.54, 1.807) is 6.20 Å². The van der Waals surface area contributed by atoms with Crippen LogP contribution in [0, 0.1) is 24.7 Å². The van der Waals surface area contributed by atoms with E-state index in [1.807, 2.05) is 13.0 Å². The van der Waals surface area contributed by atoms with Crippen LogP contribution < -0.4 is 5.32 Å². The smallest absolute Gasteiger partial charge is 0.228 e. The molecule has 18 heavy (non-hydrogen) atoms. The lowest BCUT2D eigenvalue weighted by molar-refractivity contribution is -0.117. The van der Waals surface area contributed by atoms with Gasteiger partial charge in [-0.25, -0.2) is 4.98 Å². The van der Waals surface area contributed by atoms with E-state index in [0.717, 1.165) is 11.3 Å². The monoisotopic (exact) mass is 264 g/mol. The van der Waals surface area contributed by atoms with Crippen molar-refractivity contribution < 1.29 is 4.79 Å². The zero-order valence-electron chi connectivity index (χ0n) is 10.4. The van der Waals surface area contributed by atoms with Crippen molar-refractivity contribution in [3.05, 3.63) is 23.0 Å². The van der Waals surface area contributed by atoms with Crippen molar-refractivity contribution in [2.75, 3.05) is 5.32 Å². The highest BCUT2D eigenvalue weighted by Crippen LogP contribution is 2.55. The molecule has 2 atom stereocenters. The summed E-state index contributed by atoms with van der Waals surface area (Å²) in [5, 5.41) is 3.46. The third-order valence-electron chi connectivity index (χ3n) is 4.24. The molecule has 96 valence electrons. The number of hydrogen-bond acceptors (Lipinski definition) is 2. The average molecular weight is 265 g/mol. The molecule has 4 heteroatoms. The Labute approximate surface area is 112 Å². The number of nitrogens with zero attached hydrogens (tertiary/aromatic N) is 1. The van der Waals surface area contributed by atoms with Crippen LogP contribution in [0.25, 0.3) is 0 Å². The van der Waals surface area contributed by atoms with Gasteiger partial charge in [0.15, 0.2) is 0 Å². The standard InChI is InChI=1S/C14H17ClN2O/c1-8-6-9(7-16-13(8)15)17-14(18)12-10-4-2-3-5-11(10)12/h6-7,10-12H,2-5H2,1H3,(H,17,18). The number of halogens is 1. The summed E-state index contributed by atoms with van der Waals surface area (Å²) >= 11 is 5.87. The number of nitrogens with one attached hydrogen (secondary N) is 1. The molecule has 1 amide bonds. The van der Waals surface area contributed by atoms with Gasteiger partial charge in [0.05, 0.1) is 11.9 Å². The molecule has 2 fully saturated rings. The molecule has 1 N–H and O–H groups in total. The van der Waals surface area contributed by atoms with E-state index in [9.17, 15) is 4.79 Å². The van der Waals surface area contributed by atoms with Crippen LogP contribution in [0.3, 0.4) is 0 Å². The largest absolute Gasteiger partial charge is 0.324 e. The van der Waals surface area contributed by atoms with Gasteiger partial charge in [-0.2, -0.15) is 0 Å². The SMILES string of the molecule is Cc1cc(NC(=O)C2C3CCCCC32)cnc1Cl. The molecule has 0 aromatic carbocycles. The lowest BCUT2D eigenvalue weighted by Gasteiger charge is -2.06. The molecule has 0 radical (unpaired) electrons. The van der Waals surface area contributed by atoms with E-state index >= 15 is 0 Å². The molecule has 3 nitrogen and oxygen atoms in total. The molecular weight excluding hydrogens is 248 g/mol. The number of carbonyl (C=O) groups excluding carboxylic acids is 1. The third-order valence-corrected chi connectivity index (χ3v) is 4.64. The number of amides is 1. The first-order valence-corrected chi connectivity index (χ1v) is 6.97. The van der Waals surface area contributed by atoms with Crippen molar-refractivity contribution in [2.24, 2.45) is 17.8 Å². The van der Waals surface area contributed by atoms with Gasteiger partial charge in [0.25, 0.3) is 0 Å². The molecule has 2 unspecified atom stereocenters. The van der Waals surface area contributed by atoms with Crippen LogP contribution in [0.2, 0.25) is 5.15 Å². The number of hydrogen-bond donors (Lipinski definition) is 1. The Morgan fingerprint density at radius 3 is 2.67 bits per heavy atom. The molecular formula is C14H17ClN2O. The second-order valence-electron chi connectivity index (χ2n) is 5.46. The number of aryl methyl sites for hydroxylation is 1. The molecule has 2 aliphatic rings. The van der Waals surface area contributed by atoms with Crippen molar-refractivity contribution in [1.29, 1.82) is 0 Å². The molecule has 2 saturated carbocycles. The molecule has 3 rings (SSSR count). The van der Waals surface area contributed by atoms with Gasteiger partial charge in [0, 0.05) is 5.92 Å². The molecule has 1 aromatic heterocycles. The number of fused-ring (bicyclic) bond motifs is 1. The lowest BCUT2D eigenvalue weighted by Crippen LogP contribution is -2.15. The third kappa shape index (κ3) is 2.12. The highest BCUT2D eigenvalue weighted by molar-refractivity contribution is 6.30. The second-order valence-corrected chi connectivity index (χ2v) is 5.82. The fourth-order valence-electron chi connectivity index (χ4n) is 3.23. The van der Waals surface area contributed by atoms with Crippen LogP contribution in [0.5, 0.6) is 0 Å². The quantitative estimate of drug-likeness (QED) is 0.832. The molecule has 1 heterocycles. The van der Waals surface area contributed by atoms with Crippen molar-refractivity contribution in [2.45, 2.75) is 32.6 Å². The Bertz CT molecular complexity index is 477. The zero-order valence-corrected chi connectivity index (χ0v) is 11.2. The van der Waals surface area contributed by atoms with Gasteiger partial charge in [0.2, 0.25) is 5.91 Å². The molecule has 0 aliphatic heterocycles. The van der Waals surface area contributed by atoms with Crippen LogP contribution in [0.4, 0.5) is 5.69 Å². The van der Waals surface area contributed by atoms with Gasteiger partial charge in [-0.3, -0.25) is 4.79 Å². The summed E-state index contributed by atoms with van der Waals surface area (Å²) in [5.74, 6) is 1.68. The van der Waals surface area contributed by atoms with E-state index in [-0.39, 0.29) is 11.8 Å². The van der Waals surface area contributed by atoms with Crippen molar-refractivity contribution >= 4 is 23.2 Å². The van der Waals surface area contributed by atoms with Crippen LogP contribution in [0.15, 0.2) is 12.3 Å². The van der Waals surface area contributed by atoms with Crippen LogP contribution >= 0.6 is 11.6 Å². The Morgan fingerprint density at radius 1 is 1.39 bits per heavy atom. The average Bonchev–Trinajstić information content (AvgIpc) is 3.08. The van der Waals surface area contributed by atoms with E-state index in [1.165, 1.54) is 25.7 Å². The van der Waals surface area contributed by atoms with Crippen molar-refractivity contribution in [3.63, 3.8) is 0 Å². The summed E-state index contributed by atoms with van der Waals surface area (Å²) in [7, 11) is 0. The van der Waals surface area contributed by atoms with Gasteiger partial charge in [0.1, 0.15) is 5.15 Å². The second kappa shape index (κ2) is 4.54. The minimum Gasteiger partial charge on any atom is -0.324 e. The molecule has 0 saturated heterocycles. The Balaban J connectivity index is 1.66. The summed E-state index contributed by atoms with van der Waals surface area (Å²) < 4.78 is 0.